The van der Waals surface area contributed by atoms with E-state index in [-0.39, 0.29) is 5.13 Å². The van der Waals surface area contributed by atoms with Gasteiger partial charge in [0.25, 0.3) is 5.91 Å². The second-order valence-electron chi connectivity index (χ2n) is 6.21. The van der Waals surface area contributed by atoms with Crippen LogP contribution >= 0.6 is 11.3 Å². The summed E-state index contributed by atoms with van der Waals surface area (Å²) >= 11 is 1.14. The maximum atomic E-state index is 14.0. The highest BCUT2D eigenvalue weighted by molar-refractivity contribution is 7.22. The summed E-state index contributed by atoms with van der Waals surface area (Å²) in [7, 11) is 0. The Hall–Kier alpha value is -3.27. The van der Waals surface area contributed by atoms with Crippen LogP contribution in [0.25, 0.3) is 15.9 Å². The molecule has 2 aromatic heterocycles. The molecular formula is C19H12F4N4OS. The van der Waals surface area contributed by atoms with Gasteiger partial charge in [-0.15, -0.1) is 0 Å². The van der Waals surface area contributed by atoms with Crippen molar-refractivity contribution in [2.45, 2.75) is 13.1 Å². The third-order valence-corrected chi connectivity index (χ3v) is 5.06. The lowest BCUT2D eigenvalue weighted by Gasteiger charge is -2.13. The normalized spacial score (nSPS) is 11.8. The number of hydrogen-bond donors (Lipinski definition) is 1. The number of nitrogens with one attached hydrogen (secondary N) is 1. The average Bonchev–Trinajstić information content (AvgIpc) is 3.25. The summed E-state index contributed by atoms with van der Waals surface area (Å²) in [5, 5.41) is 6.14. The van der Waals surface area contributed by atoms with Crippen LogP contribution in [0, 0.1) is 12.7 Å². The summed E-state index contributed by atoms with van der Waals surface area (Å²) < 4.78 is 56.3. The number of fused-ring (bicyclic) bond motifs is 1. The van der Waals surface area contributed by atoms with Crippen molar-refractivity contribution in [2.24, 2.45) is 0 Å². The van der Waals surface area contributed by atoms with E-state index in [0.717, 1.165) is 39.9 Å². The summed E-state index contributed by atoms with van der Waals surface area (Å²) in [4.78, 5) is 16.8. The van der Waals surface area contributed by atoms with Crippen molar-refractivity contribution < 1.29 is 22.4 Å². The van der Waals surface area contributed by atoms with E-state index in [4.69, 9.17) is 0 Å². The lowest BCUT2D eigenvalue weighted by Crippen LogP contribution is -2.21. The molecule has 0 unspecified atom stereocenters. The van der Waals surface area contributed by atoms with Crippen molar-refractivity contribution >= 4 is 32.6 Å². The third-order valence-electron chi connectivity index (χ3n) is 4.13. The van der Waals surface area contributed by atoms with Crippen LogP contribution in [0.4, 0.5) is 22.7 Å². The van der Waals surface area contributed by atoms with Crippen LogP contribution < -0.4 is 5.32 Å². The number of halogens is 4. The number of amides is 1. The van der Waals surface area contributed by atoms with Crippen molar-refractivity contribution in [2.75, 3.05) is 5.32 Å². The Morgan fingerprint density at radius 1 is 1.17 bits per heavy atom. The van der Waals surface area contributed by atoms with Gasteiger partial charge in [-0.05, 0) is 36.8 Å². The van der Waals surface area contributed by atoms with Crippen molar-refractivity contribution in [3.63, 3.8) is 0 Å². The number of nitrogens with zero attached hydrogens (tertiary/aromatic N) is 3. The summed E-state index contributed by atoms with van der Waals surface area (Å²) in [6, 6.07) is 10.3. The van der Waals surface area contributed by atoms with E-state index in [0.29, 0.717) is 10.2 Å². The van der Waals surface area contributed by atoms with Crippen molar-refractivity contribution in [3.05, 3.63) is 71.3 Å². The number of thiazole rings is 1. The van der Waals surface area contributed by atoms with E-state index in [2.05, 4.69) is 15.4 Å². The molecule has 0 saturated carbocycles. The van der Waals surface area contributed by atoms with E-state index in [1.807, 2.05) is 19.1 Å². The quantitative estimate of drug-likeness (QED) is 0.464. The molecule has 5 nitrogen and oxygen atoms in total. The predicted octanol–water partition coefficient (Wildman–Crippen LogP) is 5.20. The lowest BCUT2D eigenvalue weighted by atomic mass is 10.2. The molecule has 2 aromatic carbocycles. The molecule has 10 heteroatoms. The molecule has 2 heterocycles. The number of carbonyl (C=O) groups is 1. The molecular weight excluding hydrogens is 408 g/mol. The van der Waals surface area contributed by atoms with Crippen LogP contribution in [0.15, 0.2) is 48.7 Å². The molecule has 148 valence electrons. The van der Waals surface area contributed by atoms with Gasteiger partial charge in [-0.3, -0.25) is 10.1 Å². The molecule has 4 aromatic rings. The highest BCUT2D eigenvalue weighted by Crippen LogP contribution is 2.35. The summed E-state index contributed by atoms with van der Waals surface area (Å²) in [6.07, 6.45) is -4.17. The van der Waals surface area contributed by atoms with Gasteiger partial charge in [-0.25, -0.2) is 14.1 Å². The minimum Gasteiger partial charge on any atom is -0.298 e. The first-order valence-corrected chi connectivity index (χ1v) is 9.14. The first-order valence-electron chi connectivity index (χ1n) is 8.32. The Morgan fingerprint density at radius 3 is 2.66 bits per heavy atom. The SMILES string of the molecule is Cc1ccc2nc(NC(=O)c3cnn(-c4ccccc4F)c3C(F)(F)F)sc2c1. The van der Waals surface area contributed by atoms with Crippen LogP contribution in [0.3, 0.4) is 0 Å². The van der Waals surface area contributed by atoms with E-state index >= 15 is 0 Å². The Balaban J connectivity index is 1.74. The molecule has 0 bridgehead atoms. The molecule has 29 heavy (non-hydrogen) atoms. The number of hydrogen-bond acceptors (Lipinski definition) is 4. The van der Waals surface area contributed by atoms with E-state index < -0.39 is 34.8 Å². The second-order valence-corrected chi connectivity index (χ2v) is 7.24. The smallest absolute Gasteiger partial charge is 0.298 e. The van der Waals surface area contributed by atoms with Gasteiger partial charge in [-0.1, -0.05) is 29.5 Å². The number of rotatable bonds is 3. The molecule has 0 saturated heterocycles. The summed E-state index contributed by atoms with van der Waals surface area (Å²) in [6.45, 7) is 1.89. The second kappa shape index (κ2) is 6.96. The van der Waals surface area contributed by atoms with Gasteiger partial charge in [0.15, 0.2) is 10.8 Å². The van der Waals surface area contributed by atoms with E-state index in [1.54, 1.807) is 6.07 Å². The summed E-state index contributed by atoms with van der Waals surface area (Å²) in [5.41, 5.74) is -0.888. The Labute approximate surface area is 165 Å². The van der Waals surface area contributed by atoms with Crippen LogP contribution in [0.1, 0.15) is 21.6 Å². The maximum absolute atomic E-state index is 14.0. The number of aromatic nitrogens is 3. The first-order chi connectivity index (χ1) is 13.7. The molecule has 4 rings (SSSR count). The molecule has 0 aliphatic rings. The maximum Gasteiger partial charge on any atom is 0.434 e. The average molecular weight is 420 g/mol. The van der Waals surface area contributed by atoms with Gasteiger partial charge in [-0.2, -0.15) is 18.3 Å². The Morgan fingerprint density at radius 2 is 1.93 bits per heavy atom. The molecule has 0 fully saturated rings. The molecule has 0 spiro atoms. The van der Waals surface area contributed by atoms with Crippen LogP contribution in [-0.4, -0.2) is 20.7 Å². The van der Waals surface area contributed by atoms with E-state index in [9.17, 15) is 22.4 Å². The predicted molar refractivity (Wildman–Crippen MR) is 101 cm³/mol. The largest absolute Gasteiger partial charge is 0.434 e. The van der Waals surface area contributed by atoms with Crippen LogP contribution in [0.2, 0.25) is 0 Å². The molecule has 0 radical (unpaired) electrons. The molecule has 0 aliphatic heterocycles. The van der Waals surface area contributed by atoms with Gasteiger partial charge < -0.3 is 0 Å². The van der Waals surface area contributed by atoms with Gasteiger partial charge in [0.05, 0.1) is 22.0 Å². The first kappa shape index (κ1) is 19.1. The number of carbonyl (C=O) groups excluding carboxylic acids is 1. The lowest BCUT2D eigenvalue weighted by molar-refractivity contribution is -0.143. The minimum atomic E-state index is -4.93. The van der Waals surface area contributed by atoms with Crippen molar-refractivity contribution in [1.82, 2.24) is 14.8 Å². The van der Waals surface area contributed by atoms with Gasteiger partial charge in [0.1, 0.15) is 11.5 Å². The highest BCUT2D eigenvalue weighted by atomic mass is 32.1. The fourth-order valence-corrected chi connectivity index (χ4v) is 3.80. The topological polar surface area (TPSA) is 59.8 Å². The standard InChI is InChI=1S/C19H12F4N4OS/c1-10-6-7-13-15(8-10)29-18(25-13)26-17(28)11-9-24-27(16(11)19(21,22)23)14-5-3-2-4-12(14)20/h2-9H,1H3,(H,25,26,28). The zero-order valence-electron chi connectivity index (χ0n) is 14.8. The summed E-state index contributed by atoms with van der Waals surface area (Å²) in [5.74, 6) is -1.93. The fraction of sp³-hybridized carbons (Fsp3) is 0.105. The zero-order chi connectivity index (χ0) is 20.8. The Bertz CT molecular complexity index is 1230. The van der Waals surface area contributed by atoms with Crippen LogP contribution in [0.5, 0.6) is 0 Å². The van der Waals surface area contributed by atoms with Gasteiger partial charge in [0.2, 0.25) is 0 Å². The molecule has 0 atom stereocenters. The van der Waals surface area contributed by atoms with Crippen molar-refractivity contribution in [1.29, 1.82) is 0 Å². The molecule has 1 N–H and O–H groups in total. The number of aryl methyl sites for hydroxylation is 1. The van der Waals surface area contributed by atoms with Crippen molar-refractivity contribution in [3.8, 4) is 5.69 Å². The fourth-order valence-electron chi connectivity index (χ4n) is 2.84. The number of benzene rings is 2. The van der Waals surface area contributed by atoms with Gasteiger partial charge in [0, 0.05) is 0 Å². The highest BCUT2D eigenvalue weighted by Gasteiger charge is 2.41. The minimum absolute atomic E-state index is 0.155. The zero-order valence-corrected chi connectivity index (χ0v) is 15.6. The monoisotopic (exact) mass is 420 g/mol. The van der Waals surface area contributed by atoms with Crippen LogP contribution in [-0.2, 0) is 6.18 Å². The molecule has 1 amide bonds. The number of para-hydroxylation sites is 1. The number of alkyl halides is 3. The van der Waals surface area contributed by atoms with Gasteiger partial charge >= 0.3 is 6.18 Å². The Kier molecular flexibility index (Phi) is 4.58. The third kappa shape index (κ3) is 3.58. The van der Waals surface area contributed by atoms with E-state index in [1.165, 1.54) is 12.1 Å². The number of anilines is 1. The molecule has 0 aliphatic carbocycles.